The first kappa shape index (κ1) is 22.5. The van der Waals surface area contributed by atoms with E-state index in [1.807, 2.05) is 0 Å². The maximum Gasteiger partial charge on any atom is 0.435 e. The molecule has 1 aliphatic rings. The van der Waals surface area contributed by atoms with E-state index < -0.39 is 35.3 Å². The van der Waals surface area contributed by atoms with Gasteiger partial charge in [0.1, 0.15) is 11.5 Å². The molecule has 1 amide bonds. The van der Waals surface area contributed by atoms with Crippen LogP contribution in [0.3, 0.4) is 0 Å². The minimum atomic E-state index is -4.96. The van der Waals surface area contributed by atoms with Crippen LogP contribution in [0.4, 0.5) is 18.9 Å². The highest BCUT2D eigenvalue weighted by Crippen LogP contribution is 2.33. The van der Waals surface area contributed by atoms with Crippen molar-refractivity contribution >= 4 is 35.3 Å². The first-order chi connectivity index (χ1) is 16.0. The van der Waals surface area contributed by atoms with Gasteiger partial charge >= 0.3 is 6.18 Å². The fourth-order valence-corrected chi connectivity index (χ4v) is 3.17. The van der Waals surface area contributed by atoms with Crippen LogP contribution >= 0.6 is 0 Å². The number of carboxylic acid groups (broad SMARTS) is 2. The average Bonchev–Trinajstić information content (AvgIpc) is 3.39. The Kier molecular flexibility index (Phi) is 5.53. The minimum Gasteiger partial charge on any atom is -0.545 e. The molecule has 0 saturated carbocycles. The molecule has 11 heteroatoms. The lowest BCUT2D eigenvalue weighted by Gasteiger charge is -2.12. The molecule has 3 aromatic rings. The van der Waals surface area contributed by atoms with Crippen molar-refractivity contribution in [1.29, 1.82) is 0 Å². The summed E-state index contributed by atoms with van der Waals surface area (Å²) in [6, 6.07) is 12.6. The number of nitrogens with zero attached hydrogens (tertiary/aromatic N) is 2. The summed E-state index contributed by atoms with van der Waals surface area (Å²) in [4.78, 5) is 34.5. The number of hydrogen-bond donors (Lipinski definition) is 0. The van der Waals surface area contributed by atoms with Crippen molar-refractivity contribution in [3.63, 3.8) is 0 Å². The molecule has 1 aromatic heterocycles. The number of carbonyl (C=O) groups excluding carboxylic acids is 3. The molecule has 2 aromatic carbocycles. The van der Waals surface area contributed by atoms with Crippen LogP contribution in [0.15, 0.2) is 75.8 Å². The van der Waals surface area contributed by atoms with Crippen LogP contribution in [0, 0.1) is 0 Å². The van der Waals surface area contributed by atoms with Gasteiger partial charge in [-0.15, -0.1) is 0 Å². The molecule has 0 N–H and O–H groups in total. The van der Waals surface area contributed by atoms with E-state index in [1.54, 1.807) is 0 Å². The van der Waals surface area contributed by atoms with Crippen molar-refractivity contribution in [2.24, 2.45) is 5.10 Å². The van der Waals surface area contributed by atoms with Gasteiger partial charge in [-0.3, -0.25) is 4.79 Å². The van der Waals surface area contributed by atoms with Crippen molar-refractivity contribution in [3.8, 4) is 11.3 Å². The molecule has 4 rings (SSSR count). The number of aromatic carboxylic acids is 2. The maximum atomic E-state index is 13.6. The van der Waals surface area contributed by atoms with Crippen LogP contribution < -0.4 is 15.2 Å². The Labute approximate surface area is 188 Å². The third-order valence-corrected chi connectivity index (χ3v) is 4.81. The summed E-state index contributed by atoms with van der Waals surface area (Å²) < 4.78 is 46.3. The number of amides is 1. The van der Waals surface area contributed by atoms with Crippen LogP contribution in [-0.4, -0.2) is 29.7 Å². The predicted octanol–water partition coefficient (Wildman–Crippen LogP) is 2.02. The largest absolute Gasteiger partial charge is 0.545 e. The van der Waals surface area contributed by atoms with Crippen LogP contribution in [0.1, 0.15) is 26.5 Å². The first-order valence-corrected chi connectivity index (χ1v) is 9.50. The standard InChI is InChI=1S/C23H13F3N2O6/c24-23(25,26)19-17(20(29)28(27-19)15-7-5-14(6-8-15)22(32)33)11-16-9-10-18(34-16)12-1-3-13(4-2-12)21(30)31/h1-11H,(H,30,31)(H,32,33)/p-2/b17-11-. The predicted molar refractivity (Wildman–Crippen MR) is 108 cm³/mol. The highest BCUT2D eigenvalue weighted by Gasteiger charge is 2.47. The molecule has 0 aliphatic carbocycles. The molecule has 0 radical (unpaired) electrons. The topological polar surface area (TPSA) is 126 Å². The Morgan fingerprint density at radius 1 is 0.882 bits per heavy atom. The summed E-state index contributed by atoms with van der Waals surface area (Å²) in [7, 11) is 0. The summed E-state index contributed by atoms with van der Waals surface area (Å²) in [5.41, 5.74) is -2.13. The van der Waals surface area contributed by atoms with Gasteiger partial charge in [-0.1, -0.05) is 36.4 Å². The van der Waals surface area contributed by atoms with Gasteiger partial charge in [0.25, 0.3) is 5.91 Å². The third-order valence-electron chi connectivity index (χ3n) is 4.81. The highest BCUT2D eigenvalue weighted by atomic mass is 19.4. The zero-order chi connectivity index (χ0) is 24.6. The van der Waals surface area contributed by atoms with Crippen LogP contribution in [0.2, 0.25) is 0 Å². The summed E-state index contributed by atoms with van der Waals surface area (Å²) in [6.45, 7) is 0. The monoisotopic (exact) mass is 468 g/mol. The van der Waals surface area contributed by atoms with Gasteiger partial charge in [0.2, 0.25) is 0 Å². The second kappa shape index (κ2) is 8.35. The Hall–Kier alpha value is -4.67. The van der Waals surface area contributed by atoms with Gasteiger partial charge in [0, 0.05) is 5.56 Å². The molecule has 0 atom stereocenters. The number of anilines is 1. The lowest BCUT2D eigenvalue weighted by molar-refractivity contribution is -0.256. The molecular formula is C23H11F3N2O6-2. The second-order valence-corrected chi connectivity index (χ2v) is 7.02. The van der Waals surface area contributed by atoms with E-state index in [4.69, 9.17) is 4.42 Å². The molecule has 172 valence electrons. The molecule has 2 heterocycles. The molecule has 0 saturated heterocycles. The van der Waals surface area contributed by atoms with E-state index in [-0.39, 0.29) is 28.3 Å². The smallest absolute Gasteiger partial charge is 0.435 e. The number of carboxylic acids is 2. The average molecular weight is 468 g/mol. The fraction of sp³-hybridized carbons (Fsp3) is 0.0435. The zero-order valence-corrected chi connectivity index (χ0v) is 16.8. The Balaban J connectivity index is 1.67. The molecule has 0 unspecified atom stereocenters. The van der Waals surface area contributed by atoms with E-state index in [1.165, 1.54) is 36.4 Å². The van der Waals surface area contributed by atoms with E-state index >= 15 is 0 Å². The van der Waals surface area contributed by atoms with E-state index in [0.717, 1.165) is 30.3 Å². The van der Waals surface area contributed by atoms with Gasteiger partial charge < -0.3 is 24.2 Å². The maximum absolute atomic E-state index is 13.6. The van der Waals surface area contributed by atoms with E-state index in [2.05, 4.69) is 5.10 Å². The number of alkyl halides is 3. The third kappa shape index (κ3) is 4.31. The Morgan fingerprint density at radius 2 is 1.44 bits per heavy atom. The molecule has 34 heavy (non-hydrogen) atoms. The normalized spacial score (nSPS) is 15.0. The number of furan rings is 1. The van der Waals surface area contributed by atoms with Gasteiger partial charge in [-0.25, -0.2) is 0 Å². The second-order valence-electron chi connectivity index (χ2n) is 7.02. The van der Waals surface area contributed by atoms with Crippen molar-refractivity contribution in [2.45, 2.75) is 6.18 Å². The Bertz CT molecular complexity index is 1350. The Morgan fingerprint density at radius 3 is 1.97 bits per heavy atom. The number of hydrogen-bond acceptors (Lipinski definition) is 7. The van der Waals surface area contributed by atoms with Crippen molar-refractivity contribution in [3.05, 3.63) is 83.1 Å². The molecule has 1 aliphatic heterocycles. The van der Waals surface area contributed by atoms with Crippen LogP contribution in [0.25, 0.3) is 17.4 Å². The van der Waals surface area contributed by atoms with Gasteiger partial charge in [0.15, 0.2) is 5.71 Å². The summed E-state index contributed by atoms with van der Waals surface area (Å²) in [5.74, 6) is -3.79. The quantitative estimate of drug-likeness (QED) is 0.528. The first-order valence-electron chi connectivity index (χ1n) is 9.50. The van der Waals surface area contributed by atoms with E-state index in [0.29, 0.717) is 10.6 Å². The number of halogens is 3. The fourth-order valence-electron chi connectivity index (χ4n) is 3.17. The minimum absolute atomic E-state index is 0.0621. The lowest BCUT2D eigenvalue weighted by atomic mass is 10.1. The van der Waals surface area contributed by atoms with Gasteiger partial charge in [0.05, 0.1) is 23.2 Å². The zero-order valence-electron chi connectivity index (χ0n) is 16.8. The van der Waals surface area contributed by atoms with Crippen molar-refractivity contribution in [2.75, 3.05) is 5.01 Å². The highest BCUT2D eigenvalue weighted by molar-refractivity contribution is 6.34. The van der Waals surface area contributed by atoms with E-state index in [9.17, 15) is 37.8 Å². The molecule has 0 bridgehead atoms. The lowest BCUT2D eigenvalue weighted by Crippen LogP contribution is -2.25. The molecule has 0 fully saturated rings. The van der Waals surface area contributed by atoms with Crippen LogP contribution in [0.5, 0.6) is 0 Å². The number of rotatable bonds is 5. The van der Waals surface area contributed by atoms with Gasteiger partial charge in [-0.05, 0) is 41.5 Å². The molecule has 0 spiro atoms. The molecular weight excluding hydrogens is 457 g/mol. The van der Waals surface area contributed by atoms with Gasteiger partial charge in [-0.2, -0.15) is 23.3 Å². The molecule has 8 nitrogen and oxygen atoms in total. The number of benzene rings is 2. The summed E-state index contributed by atoms with van der Waals surface area (Å²) >= 11 is 0. The number of hydrazone groups is 1. The van der Waals surface area contributed by atoms with Crippen molar-refractivity contribution < 1.29 is 42.2 Å². The summed E-state index contributed by atoms with van der Waals surface area (Å²) in [5, 5.41) is 25.6. The van der Waals surface area contributed by atoms with Crippen molar-refractivity contribution in [1.82, 2.24) is 0 Å². The number of carbonyl (C=O) groups is 3. The summed E-state index contributed by atoms with van der Waals surface area (Å²) in [6.07, 6.45) is -4.07. The SMILES string of the molecule is O=C([O-])c1ccc(-c2ccc(/C=C3\C(=O)N(c4ccc(C(=O)[O-])cc4)N=C3C(F)(F)F)o2)cc1. The van der Waals surface area contributed by atoms with Crippen LogP contribution in [-0.2, 0) is 4.79 Å².